The van der Waals surface area contributed by atoms with Crippen LogP contribution in [0.1, 0.15) is 35.0 Å². The Kier molecular flexibility index (Phi) is 5.95. The third-order valence-corrected chi connectivity index (χ3v) is 3.15. The Bertz CT molecular complexity index is 472. The molecule has 1 heterocycles. The van der Waals surface area contributed by atoms with Gasteiger partial charge in [-0.15, -0.1) is 0 Å². The number of carboxylic acid groups (broad SMARTS) is 1. The third-order valence-electron chi connectivity index (χ3n) is 3.15. The van der Waals surface area contributed by atoms with Crippen molar-refractivity contribution in [2.75, 3.05) is 38.6 Å². The van der Waals surface area contributed by atoms with Crippen LogP contribution in [0, 0.1) is 13.8 Å². The van der Waals surface area contributed by atoms with Crippen LogP contribution in [-0.2, 0) is 0 Å². The molecule has 5 nitrogen and oxygen atoms in total. The van der Waals surface area contributed by atoms with E-state index in [1.54, 1.807) is 0 Å². The summed E-state index contributed by atoms with van der Waals surface area (Å²) in [5.41, 5.74) is 1.95. The van der Waals surface area contributed by atoms with Crippen LogP contribution < -0.4 is 4.90 Å². The highest BCUT2D eigenvalue weighted by molar-refractivity contribution is 5.95. The minimum Gasteiger partial charge on any atom is -0.478 e. The van der Waals surface area contributed by atoms with Crippen molar-refractivity contribution in [2.24, 2.45) is 0 Å². The zero-order chi connectivity index (χ0) is 15.3. The molecule has 0 amide bonds. The largest absolute Gasteiger partial charge is 0.478 e. The molecule has 0 radical (unpaired) electrons. The quantitative estimate of drug-likeness (QED) is 0.829. The first kappa shape index (κ1) is 16.4. The van der Waals surface area contributed by atoms with E-state index < -0.39 is 5.97 Å². The average Bonchev–Trinajstić information content (AvgIpc) is 2.32. The van der Waals surface area contributed by atoms with Gasteiger partial charge in [-0.2, -0.15) is 0 Å². The molecule has 20 heavy (non-hydrogen) atoms. The number of carbonyl (C=O) groups is 1. The van der Waals surface area contributed by atoms with Crippen molar-refractivity contribution in [2.45, 2.75) is 27.2 Å². The molecule has 0 saturated carbocycles. The molecule has 1 rings (SSSR count). The highest BCUT2D eigenvalue weighted by Gasteiger charge is 2.20. The molecule has 1 aromatic rings. The van der Waals surface area contributed by atoms with Crippen LogP contribution >= 0.6 is 0 Å². The maximum atomic E-state index is 11.5. The van der Waals surface area contributed by atoms with E-state index in [9.17, 15) is 9.90 Å². The lowest BCUT2D eigenvalue weighted by molar-refractivity contribution is 0.0696. The van der Waals surface area contributed by atoms with Crippen molar-refractivity contribution in [3.05, 3.63) is 22.9 Å². The predicted molar refractivity (Wildman–Crippen MR) is 81.7 cm³/mol. The smallest absolute Gasteiger partial charge is 0.339 e. The van der Waals surface area contributed by atoms with E-state index in [1.165, 1.54) is 0 Å². The topological polar surface area (TPSA) is 56.7 Å². The molecule has 0 aromatic carbocycles. The highest BCUT2D eigenvalue weighted by Crippen LogP contribution is 2.23. The second-order valence-electron chi connectivity index (χ2n) is 5.37. The Labute approximate surface area is 121 Å². The van der Waals surface area contributed by atoms with Gasteiger partial charge in [0, 0.05) is 25.3 Å². The Morgan fingerprint density at radius 1 is 1.25 bits per heavy atom. The van der Waals surface area contributed by atoms with Crippen LogP contribution in [0.5, 0.6) is 0 Å². The molecule has 1 N–H and O–H groups in total. The summed E-state index contributed by atoms with van der Waals surface area (Å²) in [5.74, 6) is -0.311. The van der Waals surface area contributed by atoms with Crippen molar-refractivity contribution in [1.29, 1.82) is 0 Å². The number of nitrogens with zero attached hydrogens (tertiary/aromatic N) is 3. The summed E-state index contributed by atoms with van der Waals surface area (Å²) in [6.45, 7) is 8.27. The Morgan fingerprint density at radius 2 is 1.90 bits per heavy atom. The summed E-state index contributed by atoms with van der Waals surface area (Å²) in [7, 11) is 4.02. The zero-order valence-corrected chi connectivity index (χ0v) is 13.1. The number of aromatic carboxylic acids is 1. The van der Waals surface area contributed by atoms with E-state index >= 15 is 0 Å². The fourth-order valence-electron chi connectivity index (χ4n) is 2.22. The lowest BCUT2D eigenvalue weighted by Gasteiger charge is -2.27. The minimum atomic E-state index is -0.907. The SMILES string of the molecule is CCCN(CCN(C)C)c1nc(C)cc(C)c1C(=O)O. The molecule has 0 aliphatic carbocycles. The molecule has 112 valence electrons. The molecule has 0 aliphatic rings. The van der Waals surface area contributed by atoms with E-state index in [2.05, 4.69) is 21.7 Å². The number of anilines is 1. The lowest BCUT2D eigenvalue weighted by Crippen LogP contribution is -2.34. The van der Waals surface area contributed by atoms with E-state index in [1.807, 2.05) is 34.0 Å². The minimum absolute atomic E-state index is 0.322. The highest BCUT2D eigenvalue weighted by atomic mass is 16.4. The van der Waals surface area contributed by atoms with Gasteiger partial charge in [0.15, 0.2) is 0 Å². The van der Waals surface area contributed by atoms with Gasteiger partial charge < -0.3 is 14.9 Å². The van der Waals surface area contributed by atoms with Gasteiger partial charge in [0.2, 0.25) is 0 Å². The van der Waals surface area contributed by atoms with Gasteiger partial charge in [-0.25, -0.2) is 9.78 Å². The van der Waals surface area contributed by atoms with Crippen LogP contribution in [0.4, 0.5) is 5.82 Å². The van der Waals surface area contributed by atoms with Crippen molar-refractivity contribution < 1.29 is 9.90 Å². The number of aryl methyl sites for hydroxylation is 2. The molecule has 0 aliphatic heterocycles. The first-order valence-corrected chi connectivity index (χ1v) is 6.98. The van der Waals surface area contributed by atoms with Crippen LogP contribution in [0.25, 0.3) is 0 Å². The Balaban J connectivity index is 3.20. The standard InChI is InChI=1S/C15H25N3O2/c1-6-7-18(9-8-17(4)5)14-13(15(19)20)11(2)10-12(3)16-14/h10H,6-9H2,1-5H3,(H,19,20). The first-order chi connectivity index (χ1) is 9.36. The van der Waals surface area contributed by atoms with Crippen LogP contribution in [0.2, 0.25) is 0 Å². The molecular formula is C15H25N3O2. The summed E-state index contributed by atoms with van der Waals surface area (Å²) in [6.07, 6.45) is 0.959. The van der Waals surface area contributed by atoms with E-state index in [4.69, 9.17) is 0 Å². The molecule has 0 bridgehead atoms. The van der Waals surface area contributed by atoms with Gasteiger partial charge in [-0.05, 0) is 46.0 Å². The van der Waals surface area contributed by atoms with Gasteiger partial charge in [0.1, 0.15) is 11.4 Å². The fraction of sp³-hybridized carbons (Fsp3) is 0.600. The van der Waals surface area contributed by atoms with Gasteiger partial charge in [0.05, 0.1) is 0 Å². The van der Waals surface area contributed by atoms with Crippen molar-refractivity contribution >= 4 is 11.8 Å². The number of aromatic nitrogens is 1. The normalized spacial score (nSPS) is 10.9. The average molecular weight is 279 g/mol. The molecule has 0 fully saturated rings. The number of pyridine rings is 1. The van der Waals surface area contributed by atoms with Crippen molar-refractivity contribution in [1.82, 2.24) is 9.88 Å². The maximum absolute atomic E-state index is 11.5. The Hall–Kier alpha value is -1.62. The second-order valence-corrected chi connectivity index (χ2v) is 5.37. The monoisotopic (exact) mass is 279 g/mol. The molecule has 1 aromatic heterocycles. The van der Waals surface area contributed by atoms with E-state index in [-0.39, 0.29) is 0 Å². The third kappa shape index (κ3) is 4.20. The second kappa shape index (κ2) is 7.24. The van der Waals surface area contributed by atoms with Crippen LogP contribution in [0.15, 0.2) is 6.07 Å². The summed E-state index contributed by atoms with van der Waals surface area (Å²) < 4.78 is 0. The van der Waals surface area contributed by atoms with E-state index in [0.29, 0.717) is 11.4 Å². The van der Waals surface area contributed by atoms with E-state index in [0.717, 1.165) is 37.3 Å². The Morgan fingerprint density at radius 3 is 2.40 bits per heavy atom. The number of hydrogen-bond acceptors (Lipinski definition) is 4. The van der Waals surface area contributed by atoms with Crippen molar-refractivity contribution in [3.63, 3.8) is 0 Å². The summed E-state index contributed by atoms with van der Waals surface area (Å²) in [6, 6.07) is 1.82. The molecule has 0 unspecified atom stereocenters. The summed E-state index contributed by atoms with van der Waals surface area (Å²) in [5, 5.41) is 9.45. The predicted octanol–water partition coefficient (Wildman–Crippen LogP) is 2.17. The molecular weight excluding hydrogens is 254 g/mol. The number of rotatable bonds is 7. The number of carboxylic acids is 1. The van der Waals surface area contributed by atoms with Crippen LogP contribution in [-0.4, -0.2) is 54.7 Å². The molecule has 0 saturated heterocycles. The summed E-state index contributed by atoms with van der Waals surface area (Å²) in [4.78, 5) is 20.2. The molecule has 0 spiro atoms. The number of likely N-dealkylation sites (N-methyl/N-ethyl adjacent to an activating group) is 1. The fourth-order valence-corrected chi connectivity index (χ4v) is 2.22. The van der Waals surface area contributed by atoms with Crippen molar-refractivity contribution in [3.8, 4) is 0 Å². The number of hydrogen-bond donors (Lipinski definition) is 1. The molecule has 0 atom stereocenters. The lowest BCUT2D eigenvalue weighted by atomic mass is 10.1. The van der Waals surface area contributed by atoms with Crippen LogP contribution in [0.3, 0.4) is 0 Å². The molecule has 5 heteroatoms. The van der Waals surface area contributed by atoms with Gasteiger partial charge in [-0.1, -0.05) is 6.92 Å². The zero-order valence-electron chi connectivity index (χ0n) is 13.1. The summed E-state index contributed by atoms with van der Waals surface area (Å²) >= 11 is 0. The first-order valence-electron chi connectivity index (χ1n) is 6.98. The van der Waals surface area contributed by atoms with Gasteiger partial charge in [0.25, 0.3) is 0 Å². The maximum Gasteiger partial charge on any atom is 0.339 e. The van der Waals surface area contributed by atoms with Gasteiger partial charge in [-0.3, -0.25) is 0 Å². The van der Waals surface area contributed by atoms with Gasteiger partial charge >= 0.3 is 5.97 Å².